The average Bonchev–Trinajstić information content (AvgIpc) is 3.55. The second-order valence-electron chi connectivity index (χ2n) is 9.26. The van der Waals surface area contributed by atoms with Gasteiger partial charge in [0.15, 0.2) is 6.23 Å². The van der Waals surface area contributed by atoms with Gasteiger partial charge in [0.2, 0.25) is 0 Å². The Hall–Kier alpha value is -1.19. The molecule has 3 saturated heterocycles. The van der Waals surface area contributed by atoms with Crippen LogP contribution >= 0.6 is 0 Å². The molecular formula is C21H33NO7. The number of carbonyl (C=O) groups excluding carboxylic acids is 1. The molecule has 0 radical (unpaired) electrons. The molecule has 4 aliphatic rings. The van der Waals surface area contributed by atoms with E-state index in [9.17, 15) is 15.0 Å². The Morgan fingerprint density at radius 2 is 2.03 bits per heavy atom. The summed E-state index contributed by atoms with van der Waals surface area (Å²) < 4.78 is 23.7. The van der Waals surface area contributed by atoms with Gasteiger partial charge in [-0.25, -0.2) is 4.79 Å². The fourth-order valence-corrected chi connectivity index (χ4v) is 5.23. The number of aliphatic hydroxyl groups is 2. The van der Waals surface area contributed by atoms with Crippen molar-refractivity contribution in [2.75, 3.05) is 20.3 Å². The maximum absolute atomic E-state index is 12.6. The molecule has 1 saturated carbocycles. The first-order chi connectivity index (χ1) is 13.7. The molecule has 1 amide bonds. The molecule has 0 aromatic rings. The Balaban J connectivity index is 1.48. The topological polar surface area (TPSA) is 104 Å². The Morgan fingerprint density at radius 1 is 1.31 bits per heavy atom. The maximum atomic E-state index is 12.6. The van der Waals surface area contributed by atoms with Crippen molar-refractivity contribution in [3.63, 3.8) is 0 Å². The zero-order chi connectivity index (χ0) is 21.0. The molecule has 1 spiro atoms. The van der Waals surface area contributed by atoms with Crippen molar-refractivity contribution < 1.29 is 34.0 Å². The van der Waals surface area contributed by atoms with E-state index in [0.29, 0.717) is 19.4 Å². The summed E-state index contributed by atoms with van der Waals surface area (Å²) in [7, 11) is 1.63. The molecule has 3 aliphatic heterocycles. The molecule has 1 aliphatic carbocycles. The van der Waals surface area contributed by atoms with E-state index in [1.807, 2.05) is 0 Å². The van der Waals surface area contributed by atoms with Crippen molar-refractivity contribution in [2.45, 2.75) is 88.3 Å². The second kappa shape index (κ2) is 7.50. The zero-order valence-corrected chi connectivity index (χ0v) is 17.7. The van der Waals surface area contributed by atoms with Crippen molar-refractivity contribution in [2.24, 2.45) is 5.92 Å². The molecule has 8 heteroatoms. The lowest BCUT2D eigenvalue weighted by atomic mass is 9.68. The number of hydrogen-bond acceptors (Lipinski definition) is 7. The number of methoxy groups -OCH3 is 1. The van der Waals surface area contributed by atoms with Crippen LogP contribution in [0.5, 0.6) is 0 Å². The zero-order valence-electron chi connectivity index (χ0n) is 17.7. The fourth-order valence-electron chi connectivity index (χ4n) is 5.23. The molecule has 4 fully saturated rings. The Kier molecular flexibility index (Phi) is 5.44. The summed E-state index contributed by atoms with van der Waals surface area (Å²) in [4.78, 5) is 13.8. The van der Waals surface area contributed by atoms with E-state index in [2.05, 4.69) is 26.8 Å². The summed E-state index contributed by atoms with van der Waals surface area (Å²) in [6, 6.07) is 0. The number of ether oxygens (including phenoxy) is 4. The highest BCUT2D eigenvalue weighted by Crippen LogP contribution is 2.59. The molecule has 164 valence electrons. The van der Waals surface area contributed by atoms with E-state index >= 15 is 0 Å². The van der Waals surface area contributed by atoms with Gasteiger partial charge in [0.25, 0.3) is 0 Å². The van der Waals surface area contributed by atoms with Crippen LogP contribution in [0.1, 0.15) is 46.5 Å². The van der Waals surface area contributed by atoms with Crippen molar-refractivity contribution >= 4 is 6.09 Å². The molecule has 4 unspecified atom stereocenters. The minimum absolute atomic E-state index is 0.0452. The van der Waals surface area contributed by atoms with Gasteiger partial charge in [-0.2, -0.15) is 0 Å². The predicted molar refractivity (Wildman–Crippen MR) is 103 cm³/mol. The predicted octanol–water partition coefficient (Wildman–Crippen LogP) is 1.58. The quantitative estimate of drug-likeness (QED) is 0.523. The van der Waals surface area contributed by atoms with Crippen LogP contribution in [-0.4, -0.2) is 83.3 Å². The average molecular weight is 411 g/mol. The highest BCUT2D eigenvalue weighted by molar-refractivity contribution is 5.68. The van der Waals surface area contributed by atoms with E-state index in [1.165, 1.54) is 10.5 Å². The van der Waals surface area contributed by atoms with Gasteiger partial charge in [-0.3, -0.25) is 4.90 Å². The van der Waals surface area contributed by atoms with Gasteiger partial charge in [-0.05, 0) is 46.5 Å². The number of aliphatic hydroxyl groups excluding tert-OH is 2. The number of likely N-dealkylation sites (tertiary alicyclic amines) is 1. The molecule has 8 atom stereocenters. The van der Waals surface area contributed by atoms with E-state index in [1.54, 1.807) is 7.11 Å². The number of hydrogen-bond donors (Lipinski definition) is 2. The first-order valence-corrected chi connectivity index (χ1v) is 10.5. The van der Waals surface area contributed by atoms with E-state index in [0.717, 1.165) is 12.8 Å². The standard InChI is InChI=1S/C21H33NO7/c1-12(2)5-6-15-20(3,29-15)17-16(26-4)14(7-9-21(17)11-27-21)28-19(25)22-10-8-13(23)18(22)24/h5,13-18,23-24H,6-11H2,1-4H3/t13?,14-,15-,16?,17-,18?,20+,21?/m1/s1. The largest absolute Gasteiger partial charge is 0.443 e. The number of carbonyl (C=O) groups is 1. The molecule has 4 rings (SSSR count). The third-order valence-electron chi connectivity index (χ3n) is 7.05. The number of epoxide rings is 2. The van der Waals surface area contributed by atoms with E-state index < -0.39 is 30.1 Å². The molecule has 0 bridgehead atoms. The Morgan fingerprint density at radius 3 is 2.59 bits per heavy atom. The normalized spacial score (nSPS) is 45.9. The summed E-state index contributed by atoms with van der Waals surface area (Å²) >= 11 is 0. The highest BCUT2D eigenvalue weighted by Gasteiger charge is 2.72. The smallest absolute Gasteiger partial charge is 0.412 e. The van der Waals surface area contributed by atoms with Crippen molar-refractivity contribution in [1.29, 1.82) is 0 Å². The van der Waals surface area contributed by atoms with Crippen LogP contribution in [0, 0.1) is 5.92 Å². The lowest BCUT2D eigenvalue weighted by molar-refractivity contribution is -0.127. The van der Waals surface area contributed by atoms with Gasteiger partial charge in [-0.15, -0.1) is 0 Å². The van der Waals surface area contributed by atoms with Crippen LogP contribution in [0.2, 0.25) is 0 Å². The lowest BCUT2D eigenvalue weighted by Crippen LogP contribution is -2.56. The summed E-state index contributed by atoms with van der Waals surface area (Å²) in [6.45, 7) is 7.19. The monoisotopic (exact) mass is 411 g/mol. The second-order valence-corrected chi connectivity index (χ2v) is 9.26. The van der Waals surface area contributed by atoms with Gasteiger partial charge >= 0.3 is 6.09 Å². The minimum Gasteiger partial charge on any atom is -0.443 e. The number of allylic oxidation sites excluding steroid dienone is 1. The lowest BCUT2D eigenvalue weighted by Gasteiger charge is -2.43. The SMILES string of the molecule is COC1[C@H](OC(=O)N2CCC(O)C2O)CCC2(CO2)[C@H]1[C@@]1(C)O[C@@H]1CC=C(C)C. The summed E-state index contributed by atoms with van der Waals surface area (Å²) in [5, 5.41) is 19.7. The van der Waals surface area contributed by atoms with Crippen molar-refractivity contribution in [3.8, 4) is 0 Å². The molecule has 0 aromatic heterocycles. The molecule has 8 nitrogen and oxygen atoms in total. The molecule has 3 heterocycles. The Labute approximate surface area is 171 Å². The molecule has 2 N–H and O–H groups in total. The minimum atomic E-state index is -1.22. The summed E-state index contributed by atoms with van der Waals surface area (Å²) in [5.41, 5.74) is 0.587. The van der Waals surface area contributed by atoms with E-state index in [-0.39, 0.29) is 30.3 Å². The van der Waals surface area contributed by atoms with Gasteiger partial charge in [0.1, 0.15) is 29.5 Å². The van der Waals surface area contributed by atoms with Crippen LogP contribution < -0.4 is 0 Å². The van der Waals surface area contributed by atoms with Crippen LogP contribution in [-0.2, 0) is 18.9 Å². The summed E-state index contributed by atoms with van der Waals surface area (Å²) in [5.74, 6) is -0.0452. The van der Waals surface area contributed by atoms with Gasteiger partial charge in [-0.1, -0.05) is 11.6 Å². The van der Waals surface area contributed by atoms with Gasteiger partial charge in [0.05, 0.1) is 18.6 Å². The number of amides is 1. The van der Waals surface area contributed by atoms with Gasteiger partial charge < -0.3 is 29.2 Å². The van der Waals surface area contributed by atoms with Crippen LogP contribution in [0.25, 0.3) is 0 Å². The van der Waals surface area contributed by atoms with Crippen LogP contribution in [0.15, 0.2) is 11.6 Å². The third kappa shape index (κ3) is 3.70. The van der Waals surface area contributed by atoms with Crippen LogP contribution in [0.4, 0.5) is 4.79 Å². The molecular weight excluding hydrogens is 378 g/mol. The van der Waals surface area contributed by atoms with E-state index in [4.69, 9.17) is 18.9 Å². The van der Waals surface area contributed by atoms with Crippen molar-refractivity contribution in [3.05, 3.63) is 11.6 Å². The number of rotatable bonds is 5. The number of nitrogens with zero attached hydrogens (tertiary/aromatic N) is 1. The first kappa shape index (κ1) is 21.1. The summed E-state index contributed by atoms with van der Waals surface area (Å²) in [6.07, 6.45) is 1.26. The maximum Gasteiger partial charge on any atom is 0.412 e. The Bertz CT molecular complexity index is 674. The molecule has 0 aromatic carbocycles. The first-order valence-electron chi connectivity index (χ1n) is 10.5. The van der Waals surface area contributed by atoms with Gasteiger partial charge in [0, 0.05) is 13.7 Å². The van der Waals surface area contributed by atoms with Crippen LogP contribution in [0.3, 0.4) is 0 Å². The van der Waals surface area contributed by atoms with Crippen molar-refractivity contribution in [1.82, 2.24) is 4.90 Å². The fraction of sp³-hybridized carbons (Fsp3) is 0.857. The third-order valence-corrected chi connectivity index (χ3v) is 7.05. The molecule has 29 heavy (non-hydrogen) atoms. The highest BCUT2D eigenvalue weighted by atomic mass is 16.6.